The second kappa shape index (κ2) is 7.05. The van der Waals surface area contributed by atoms with Crippen LogP contribution >= 0.6 is 12.4 Å². The van der Waals surface area contributed by atoms with Crippen molar-refractivity contribution in [2.24, 2.45) is 5.73 Å². The first-order valence-electron chi connectivity index (χ1n) is 6.31. The molecule has 1 aromatic heterocycles. The Morgan fingerprint density at radius 3 is 2.59 bits per heavy atom. The number of hydrogen-bond donors (Lipinski definition) is 4. The maximum Gasteiger partial charge on any atom is 0.326 e. The zero-order valence-electron chi connectivity index (χ0n) is 11.8. The predicted octanol–water partition coefficient (Wildman–Crippen LogP) is -0.346. The first kappa shape index (κ1) is 18.4. The second-order valence-electron chi connectivity index (χ2n) is 4.78. The molecule has 1 aromatic carbocycles. The molecule has 0 saturated carbocycles. The maximum absolute atomic E-state index is 12.1. The largest absolute Gasteiger partial charge is 0.328 e. The van der Waals surface area contributed by atoms with Crippen LogP contribution in [-0.2, 0) is 10.0 Å². The summed E-state index contributed by atoms with van der Waals surface area (Å²) in [7, 11) is -3.72. The third-order valence-electron chi connectivity index (χ3n) is 2.91. The van der Waals surface area contributed by atoms with E-state index in [2.05, 4.69) is 14.7 Å². The lowest BCUT2D eigenvalue weighted by Gasteiger charge is -2.08. The number of nitrogens with one attached hydrogen (secondary N) is 3. The fraction of sp³-hybridized carbons (Fsp3) is 0.333. The van der Waals surface area contributed by atoms with Crippen LogP contribution in [0.15, 0.2) is 32.7 Å². The number of hydrogen-bond acceptors (Lipinski definition) is 5. The van der Waals surface area contributed by atoms with Crippen LogP contribution in [0.5, 0.6) is 0 Å². The first-order valence-corrected chi connectivity index (χ1v) is 7.79. The van der Waals surface area contributed by atoms with Gasteiger partial charge in [0, 0.05) is 12.6 Å². The van der Waals surface area contributed by atoms with Crippen LogP contribution in [0.1, 0.15) is 13.3 Å². The number of halogens is 1. The van der Waals surface area contributed by atoms with Gasteiger partial charge in [-0.15, -0.1) is 12.4 Å². The van der Waals surface area contributed by atoms with Gasteiger partial charge in [-0.05, 0) is 31.5 Å². The summed E-state index contributed by atoms with van der Waals surface area (Å²) in [5, 5.41) is 0.102. The van der Waals surface area contributed by atoms with Gasteiger partial charge in [-0.2, -0.15) is 0 Å². The molecule has 0 aliphatic rings. The average molecular weight is 349 g/mol. The molecule has 0 fully saturated rings. The molecule has 1 atom stereocenters. The molecule has 2 rings (SSSR count). The van der Waals surface area contributed by atoms with E-state index in [-0.39, 0.29) is 40.8 Å². The van der Waals surface area contributed by atoms with Gasteiger partial charge < -0.3 is 10.7 Å². The van der Waals surface area contributed by atoms with Crippen LogP contribution in [-0.4, -0.2) is 31.0 Å². The SMILES string of the molecule is CC(N)CCNS(=O)(=O)c1ccc2[nH]c(=O)[nH]c(=O)c2c1.Cl. The Hall–Kier alpha value is -1.68. The van der Waals surface area contributed by atoms with Crippen LogP contribution in [0.4, 0.5) is 0 Å². The van der Waals surface area contributed by atoms with Crippen molar-refractivity contribution in [3.63, 3.8) is 0 Å². The lowest BCUT2D eigenvalue weighted by atomic mass is 10.2. The quantitative estimate of drug-likeness (QED) is 0.585. The van der Waals surface area contributed by atoms with Crippen molar-refractivity contribution in [3.8, 4) is 0 Å². The molecule has 122 valence electrons. The molecule has 0 aliphatic carbocycles. The van der Waals surface area contributed by atoms with Crippen molar-refractivity contribution in [2.45, 2.75) is 24.3 Å². The van der Waals surface area contributed by atoms with Crippen molar-refractivity contribution in [2.75, 3.05) is 6.54 Å². The summed E-state index contributed by atoms with van der Waals surface area (Å²) in [5.41, 5.74) is 4.55. The Morgan fingerprint density at radius 2 is 1.95 bits per heavy atom. The Bertz CT molecular complexity index is 873. The van der Waals surface area contributed by atoms with E-state index in [0.717, 1.165) is 0 Å². The molecule has 0 aliphatic heterocycles. The van der Waals surface area contributed by atoms with Crippen molar-refractivity contribution < 1.29 is 8.42 Å². The van der Waals surface area contributed by atoms with Gasteiger partial charge in [0.05, 0.1) is 15.8 Å². The minimum absolute atomic E-state index is 0. The highest BCUT2D eigenvalue weighted by Gasteiger charge is 2.15. The van der Waals surface area contributed by atoms with Gasteiger partial charge in [-0.1, -0.05) is 0 Å². The number of benzene rings is 1. The van der Waals surface area contributed by atoms with Gasteiger partial charge in [0.25, 0.3) is 5.56 Å². The number of nitrogens with two attached hydrogens (primary N) is 1. The third kappa shape index (κ3) is 4.17. The zero-order chi connectivity index (χ0) is 15.6. The highest BCUT2D eigenvalue weighted by molar-refractivity contribution is 7.89. The number of aromatic nitrogens is 2. The highest BCUT2D eigenvalue weighted by Crippen LogP contribution is 2.13. The number of H-pyrrole nitrogens is 2. The smallest absolute Gasteiger partial charge is 0.326 e. The van der Waals surface area contributed by atoms with Crippen LogP contribution in [0.2, 0.25) is 0 Å². The number of rotatable bonds is 5. The summed E-state index contributed by atoms with van der Waals surface area (Å²) in [6, 6.07) is 3.81. The van der Waals surface area contributed by atoms with Crippen LogP contribution in [0, 0.1) is 0 Å². The number of sulfonamides is 1. The Kier molecular flexibility index (Phi) is 5.89. The standard InChI is InChI=1S/C12H16N4O4S.ClH/c1-7(13)4-5-14-21(19,20)8-2-3-10-9(6-8)11(17)16-12(18)15-10;/h2-3,6-7,14H,4-5,13H2,1H3,(H2,15,16,17,18);1H. The number of fused-ring (bicyclic) bond motifs is 1. The predicted molar refractivity (Wildman–Crippen MR) is 85.9 cm³/mol. The first-order chi connectivity index (χ1) is 9.79. The van der Waals surface area contributed by atoms with Crippen LogP contribution < -0.4 is 21.7 Å². The number of aromatic amines is 2. The van der Waals surface area contributed by atoms with E-state index in [1.165, 1.54) is 18.2 Å². The molecule has 0 radical (unpaired) electrons. The molecule has 5 N–H and O–H groups in total. The van der Waals surface area contributed by atoms with E-state index in [0.29, 0.717) is 6.42 Å². The molecule has 0 saturated heterocycles. The van der Waals surface area contributed by atoms with Crippen molar-refractivity contribution in [3.05, 3.63) is 39.0 Å². The van der Waals surface area contributed by atoms with Crippen molar-refractivity contribution in [1.82, 2.24) is 14.7 Å². The van der Waals surface area contributed by atoms with Gasteiger partial charge in [-0.3, -0.25) is 9.78 Å². The van der Waals surface area contributed by atoms with E-state index in [9.17, 15) is 18.0 Å². The van der Waals surface area contributed by atoms with E-state index in [1.54, 1.807) is 6.92 Å². The summed E-state index contributed by atoms with van der Waals surface area (Å²) in [4.78, 5) is 27.2. The Balaban J connectivity index is 0.00000242. The highest BCUT2D eigenvalue weighted by atomic mass is 35.5. The summed E-state index contributed by atoms with van der Waals surface area (Å²) in [5.74, 6) is 0. The van der Waals surface area contributed by atoms with E-state index < -0.39 is 21.3 Å². The summed E-state index contributed by atoms with van der Waals surface area (Å²) in [6.45, 7) is 1.99. The summed E-state index contributed by atoms with van der Waals surface area (Å²) < 4.78 is 26.6. The molecule has 10 heteroatoms. The molecular weight excluding hydrogens is 332 g/mol. The zero-order valence-corrected chi connectivity index (χ0v) is 13.4. The normalized spacial score (nSPS) is 12.8. The van der Waals surface area contributed by atoms with Gasteiger partial charge in [-0.25, -0.2) is 17.9 Å². The summed E-state index contributed by atoms with van der Waals surface area (Å²) >= 11 is 0. The molecule has 0 amide bonds. The molecule has 0 spiro atoms. The van der Waals surface area contributed by atoms with Crippen molar-refractivity contribution >= 4 is 33.3 Å². The molecule has 2 aromatic rings. The fourth-order valence-electron chi connectivity index (χ4n) is 1.82. The van der Waals surface area contributed by atoms with Gasteiger partial charge in [0.15, 0.2) is 0 Å². The molecule has 8 nitrogen and oxygen atoms in total. The van der Waals surface area contributed by atoms with E-state index in [1.807, 2.05) is 0 Å². The minimum Gasteiger partial charge on any atom is -0.328 e. The van der Waals surface area contributed by atoms with Gasteiger partial charge in [0.2, 0.25) is 10.0 Å². The minimum atomic E-state index is -3.72. The average Bonchev–Trinajstić information content (AvgIpc) is 2.37. The third-order valence-corrected chi connectivity index (χ3v) is 4.37. The maximum atomic E-state index is 12.1. The van der Waals surface area contributed by atoms with Crippen LogP contribution in [0.3, 0.4) is 0 Å². The van der Waals surface area contributed by atoms with Gasteiger partial charge in [0.1, 0.15) is 0 Å². The molecule has 22 heavy (non-hydrogen) atoms. The Labute approximate surface area is 132 Å². The van der Waals surface area contributed by atoms with Crippen LogP contribution in [0.25, 0.3) is 10.9 Å². The van der Waals surface area contributed by atoms with Gasteiger partial charge >= 0.3 is 5.69 Å². The lowest BCUT2D eigenvalue weighted by Crippen LogP contribution is -2.29. The second-order valence-corrected chi connectivity index (χ2v) is 6.55. The lowest BCUT2D eigenvalue weighted by molar-refractivity contribution is 0.572. The molecule has 0 bridgehead atoms. The van der Waals surface area contributed by atoms with Crippen molar-refractivity contribution in [1.29, 1.82) is 0 Å². The monoisotopic (exact) mass is 348 g/mol. The fourth-order valence-corrected chi connectivity index (χ4v) is 2.89. The van der Waals surface area contributed by atoms with E-state index in [4.69, 9.17) is 5.73 Å². The molecule has 1 heterocycles. The molecular formula is C12H17ClN4O4S. The Morgan fingerprint density at radius 1 is 1.27 bits per heavy atom. The topological polar surface area (TPSA) is 138 Å². The van der Waals surface area contributed by atoms with E-state index >= 15 is 0 Å². The summed E-state index contributed by atoms with van der Waals surface area (Å²) in [6.07, 6.45) is 0.501. The molecule has 1 unspecified atom stereocenters.